The van der Waals surface area contributed by atoms with Gasteiger partial charge in [0.1, 0.15) is 6.54 Å². The van der Waals surface area contributed by atoms with Gasteiger partial charge < -0.3 is 15.5 Å². The molecular formula is C14H24N4O2S. The van der Waals surface area contributed by atoms with E-state index in [2.05, 4.69) is 22.5 Å². The predicted octanol–water partition coefficient (Wildman–Crippen LogP) is 2.69. The minimum atomic E-state index is -0.326. The van der Waals surface area contributed by atoms with Crippen molar-refractivity contribution in [3.63, 3.8) is 0 Å². The standard InChI is InChI=1S/C14H24N4O2S/c1-5-6-8-18(13(20)17-14(2,3)4)10-11(19)16-12-15-7-9-21-12/h7,9H,5-6,8,10H2,1-4H3,(H,17,20)(H,15,16,19). The molecule has 0 aliphatic heterocycles. The smallest absolute Gasteiger partial charge is 0.318 e. The molecule has 3 amide bonds. The molecule has 0 aliphatic carbocycles. The van der Waals surface area contributed by atoms with Crippen molar-refractivity contribution < 1.29 is 9.59 Å². The molecule has 0 unspecified atom stereocenters. The van der Waals surface area contributed by atoms with Crippen LogP contribution in [0.15, 0.2) is 11.6 Å². The molecule has 0 saturated carbocycles. The van der Waals surface area contributed by atoms with E-state index in [1.165, 1.54) is 16.2 Å². The fourth-order valence-corrected chi connectivity index (χ4v) is 2.16. The summed E-state index contributed by atoms with van der Waals surface area (Å²) in [7, 11) is 0. The first-order valence-corrected chi connectivity index (χ1v) is 7.96. The predicted molar refractivity (Wildman–Crippen MR) is 85.5 cm³/mol. The Labute approximate surface area is 129 Å². The Morgan fingerprint density at radius 1 is 1.38 bits per heavy atom. The molecule has 1 aromatic rings. The van der Waals surface area contributed by atoms with Crippen LogP contribution in [0.1, 0.15) is 40.5 Å². The van der Waals surface area contributed by atoms with Crippen LogP contribution in [-0.2, 0) is 4.79 Å². The van der Waals surface area contributed by atoms with E-state index in [0.717, 1.165) is 12.8 Å². The molecule has 0 spiro atoms. The number of urea groups is 1. The summed E-state index contributed by atoms with van der Waals surface area (Å²) in [5.41, 5.74) is -0.326. The van der Waals surface area contributed by atoms with Crippen molar-refractivity contribution in [1.82, 2.24) is 15.2 Å². The summed E-state index contributed by atoms with van der Waals surface area (Å²) in [6.07, 6.45) is 3.46. The fraction of sp³-hybridized carbons (Fsp3) is 0.643. The van der Waals surface area contributed by atoms with E-state index in [0.29, 0.717) is 11.7 Å². The van der Waals surface area contributed by atoms with Gasteiger partial charge in [-0.15, -0.1) is 11.3 Å². The lowest BCUT2D eigenvalue weighted by Gasteiger charge is -2.28. The Bertz CT molecular complexity index is 454. The number of carbonyl (C=O) groups excluding carboxylic acids is 2. The molecule has 2 N–H and O–H groups in total. The molecule has 6 nitrogen and oxygen atoms in total. The summed E-state index contributed by atoms with van der Waals surface area (Å²) < 4.78 is 0. The van der Waals surface area contributed by atoms with E-state index < -0.39 is 0 Å². The van der Waals surface area contributed by atoms with Crippen LogP contribution in [0.25, 0.3) is 0 Å². The van der Waals surface area contributed by atoms with Gasteiger partial charge in [-0.2, -0.15) is 0 Å². The van der Waals surface area contributed by atoms with Crippen LogP contribution in [0.4, 0.5) is 9.93 Å². The molecule has 7 heteroatoms. The van der Waals surface area contributed by atoms with Crippen LogP contribution < -0.4 is 10.6 Å². The van der Waals surface area contributed by atoms with Gasteiger partial charge in [0.05, 0.1) is 0 Å². The molecule has 0 atom stereocenters. The van der Waals surface area contributed by atoms with Gasteiger partial charge in [-0.1, -0.05) is 13.3 Å². The number of nitrogens with one attached hydrogen (secondary N) is 2. The quantitative estimate of drug-likeness (QED) is 0.848. The monoisotopic (exact) mass is 312 g/mol. The summed E-state index contributed by atoms with van der Waals surface area (Å²) in [6.45, 7) is 8.39. The van der Waals surface area contributed by atoms with E-state index in [1.807, 2.05) is 20.8 Å². The lowest BCUT2D eigenvalue weighted by Crippen LogP contribution is -2.50. The fourth-order valence-electron chi connectivity index (χ4n) is 1.62. The largest absolute Gasteiger partial charge is 0.333 e. The first-order valence-electron chi connectivity index (χ1n) is 7.08. The van der Waals surface area contributed by atoms with Gasteiger partial charge in [-0.25, -0.2) is 9.78 Å². The van der Waals surface area contributed by atoms with Crippen molar-refractivity contribution in [2.75, 3.05) is 18.4 Å². The van der Waals surface area contributed by atoms with E-state index in [9.17, 15) is 9.59 Å². The van der Waals surface area contributed by atoms with E-state index in [4.69, 9.17) is 0 Å². The maximum atomic E-state index is 12.2. The van der Waals surface area contributed by atoms with E-state index >= 15 is 0 Å². The molecule has 1 rings (SSSR count). The summed E-state index contributed by atoms with van der Waals surface area (Å²) in [6, 6.07) is -0.217. The Morgan fingerprint density at radius 2 is 2.10 bits per heavy atom. The van der Waals surface area contributed by atoms with Crippen LogP contribution in [0, 0.1) is 0 Å². The van der Waals surface area contributed by atoms with Gasteiger partial charge in [-0.05, 0) is 27.2 Å². The first-order chi connectivity index (χ1) is 9.81. The van der Waals surface area contributed by atoms with Gasteiger partial charge in [0.2, 0.25) is 5.91 Å². The zero-order valence-corrected chi connectivity index (χ0v) is 13.9. The number of hydrogen-bond acceptors (Lipinski definition) is 4. The van der Waals surface area contributed by atoms with Gasteiger partial charge >= 0.3 is 6.03 Å². The zero-order valence-electron chi connectivity index (χ0n) is 13.1. The number of rotatable bonds is 6. The molecule has 0 aromatic carbocycles. The Morgan fingerprint density at radius 3 is 2.62 bits per heavy atom. The summed E-state index contributed by atoms with van der Waals surface area (Å²) in [5.74, 6) is -0.231. The maximum absolute atomic E-state index is 12.2. The van der Waals surface area contributed by atoms with Crippen molar-refractivity contribution in [2.45, 2.75) is 46.1 Å². The molecule has 1 heterocycles. The molecule has 21 heavy (non-hydrogen) atoms. The van der Waals surface area contributed by atoms with Crippen molar-refractivity contribution in [3.05, 3.63) is 11.6 Å². The second-order valence-corrected chi connectivity index (χ2v) is 6.74. The van der Waals surface area contributed by atoms with Gasteiger partial charge in [0, 0.05) is 23.7 Å². The zero-order chi connectivity index (χ0) is 15.9. The lowest BCUT2D eigenvalue weighted by molar-refractivity contribution is -0.116. The second-order valence-electron chi connectivity index (χ2n) is 5.84. The first kappa shape index (κ1) is 17.4. The van der Waals surface area contributed by atoms with Crippen molar-refractivity contribution in [3.8, 4) is 0 Å². The van der Waals surface area contributed by atoms with Gasteiger partial charge in [-0.3, -0.25) is 4.79 Å². The average molecular weight is 312 g/mol. The van der Waals surface area contributed by atoms with Crippen LogP contribution in [0.2, 0.25) is 0 Å². The molecule has 0 aliphatic rings. The number of carbonyl (C=O) groups is 2. The number of unbranched alkanes of at least 4 members (excludes halogenated alkanes) is 1. The van der Waals surface area contributed by atoms with Crippen LogP contribution in [0.3, 0.4) is 0 Å². The number of thiazole rings is 1. The molecule has 0 bridgehead atoms. The molecule has 0 fully saturated rings. The molecule has 118 valence electrons. The Hall–Kier alpha value is -1.63. The minimum Gasteiger partial charge on any atom is -0.333 e. The van der Waals surface area contributed by atoms with Gasteiger partial charge in [0.15, 0.2) is 5.13 Å². The number of amides is 3. The van der Waals surface area contributed by atoms with Crippen molar-refractivity contribution in [1.29, 1.82) is 0 Å². The third-order valence-corrected chi connectivity index (χ3v) is 3.25. The highest BCUT2D eigenvalue weighted by molar-refractivity contribution is 7.13. The molecular weight excluding hydrogens is 288 g/mol. The average Bonchev–Trinajstić information content (AvgIpc) is 2.84. The summed E-state index contributed by atoms with van der Waals surface area (Å²) in [4.78, 5) is 29.7. The van der Waals surface area contributed by atoms with E-state index in [1.54, 1.807) is 11.6 Å². The molecule has 1 aromatic heterocycles. The SMILES string of the molecule is CCCCN(CC(=O)Nc1nccs1)C(=O)NC(C)(C)C. The minimum absolute atomic E-state index is 0.0293. The lowest BCUT2D eigenvalue weighted by atomic mass is 10.1. The third-order valence-electron chi connectivity index (χ3n) is 2.56. The van der Waals surface area contributed by atoms with Crippen LogP contribution in [0.5, 0.6) is 0 Å². The number of aromatic nitrogens is 1. The third kappa shape index (κ3) is 7.08. The highest BCUT2D eigenvalue weighted by atomic mass is 32.1. The van der Waals surface area contributed by atoms with Crippen LogP contribution >= 0.6 is 11.3 Å². The highest BCUT2D eigenvalue weighted by Gasteiger charge is 2.21. The van der Waals surface area contributed by atoms with Crippen LogP contribution in [-0.4, -0.2) is 40.5 Å². The summed E-state index contributed by atoms with van der Waals surface area (Å²) >= 11 is 1.35. The Kier molecular flexibility index (Phi) is 6.61. The Balaban J connectivity index is 2.59. The van der Waals surface area contributed by atoms with Crippen molar-refractivity contribution >= 4 is 28.4 Å². The maximum Gasteiger partial charge on any atom is 0.318 e. The van der Waals surface area contributed by atoms with E-state index in [-0.39, 0.29) is 24.0 Å². The topological polar surface area (TPSA) is 74.3 Å². The highest BCUT2D eigenvalue weighted by Crippen LogP contribution is 2.10. The number of nitrogens with zero attached hydrogens (tertiary/aromatic N) is 2. The van der Waals surface area contributed by atoms with Crippen molar-refractivity contribution in [2.24, 2.45) is 0 Å². The summed E-state index contributed by atoms with van der Waals surface area (Å²) in [5, 5.41) is 7.92. The number of anilines is 1. The normalized spacial score (nSPS) is 11.0. The molecule has 0 radical (unpaired) electrons. The molecule has 0 saturated heterocycles. The number of hydrogen-bond donors (Lipinski definition) is 2. The van der Waals surface area contributed by atoms with Gasteiger partial charge in [0.25, 0.3) is 0 Å². The second kappa shape index (κ2) is 7.97.